The minimum absolute atomic E-state index is 0.119. The van der Waals surface area contributed by atoms with Crippen LogP contribution in [0.25, 0.3) is 0 Å². The second-order valence-corrected chi connectivity index (χ2v) is 6.68. The molecule has 22 heavy (non-hydrogen) atoms. The topological polar surface area (TPSA) is 66.4 Å². The Bertz CT molecular complexity index is 664. The van der Waals surface area contributed by atoms with Crippen LogP contribution in [0.1, 0.15) is 22.2 Å². The third-order valence-corrected chi connectivity index (χ3v) is 5.05. The van der Waals surface area contributed by atoms with Crippen LogP contribution in [0.2, 0.25) is 0 Å². The SMILES string of the molecule is CSc1ccsc1C(=O)Nc1ccc(CC(C)C(=O)O)cc1. The van der Waals surface area contributed by atoms with Crippen LogP contribution in [-0.4, -0.2) is 23.2 Å². The molecule has 0 aliphatic carbocycles. The van der Waals surface area contributed by atoms with Crippen molar-refractivity contribution in [3.63, 3.8) is 0 Å². The third kappa shape index (κ3) is 4.11. The molecular formula is C16H17NO3S2. The van der Waals surface area contributed by atoms with Gasteiger partial charge >= 0.3 is 5.97 Å². The number of benzene rings is 1. The Morgan fingerprint density at radius 2 is 1.95 bits per heavy atom. The number of aliphatic carboxylic acids is 1. The molecule has 0 spiro atoms. The lowest BCUT2D eigenvalue weighted by molar-refractivity contribution is -0.141. The van der Waals surface area contributed by atoms with Crippen LogP contribution in [0.3, 0.4) is 0 Å². The molecule has 0 aliphatic heterocycles. The molecule has 6 heteroatoms. The quantitative estimate of drug-likeness (QED) is 0.784. The van der Waals surface area contributed by atoms with Crippen LogP contribution in [0.15, 0.2) is 40.6 Å². The Balaban J connectivity index is 2.02. The number of carbonyl (C=O) groups excluding carboxylic acids is 1. The van der Waals surface area contributed by atoms with Gasteiger partial charge in [-0.15, -0.1) is 23.1 Å². The minimum atomic E-state index is -0.806. The first-order valence-corrected chi connectivity index (χ1v) is 8.86. The van der Waals surface area contributed by atoms with Crippen LogP contribution in [-0.2, 0) is 11.2 Å². The Labute approximate surface area is 137 Å². The molecule has 2 rings (SSSR count). The molecule has 4 nitrogen and oxygen atoms in total. The van der Waals surface area contributed by atoms with Crippen molar-refractivity contribution in [2.45, 2.75) is 18.2 Å². The summed E-state index contributed by atoms with van der Waals surface area (Å²) in [6, 6.07) is 9.22. The fraction of sp³-hybridized carbons (Fsp3) is 0.250. The number of rotatable bonds is 6. The maximum atomic E-state index is 12.2. The van der Waals surface area contributed by atoms with Gasteiger partial charge in [0.05, 0.1) is 5.92 Å². The van der Waals surface area contributed by atoms with E-state index in [4.69, 9.17) is 5.11 Å². The Kier molecular flexibility index (Phi) is 5.63. The van der Waals surface area contributed by atoms with Gasteiger partial charge < -0.3 is 10.4 Å². The minimum Gasteiger partial charge on any atom is -0.481 e. The van der Waals surface area contributed by atoms with Crippen LogP contribution >= 0.6 is 23.1 Å². The van der Waals surface area contributed by atoms with Crippen molar-refractivity contribution >= 4 is 40.7 Å². The molecule has 2 aromatic rings. The number of hydrogen-bond donors (Lipinski definition) is 2. The molecule has 1 atom stereocenters. The zero-order chi connectivity index (χ0) is 16.1. The monoisotopic (exact) mass is 335 g/mol. The highest BCUT2D eigenvalue weighted by atomic mass is 32.2. The molecule has 1 aromatic heterocycles. The van der Waals surface area contributed by atoms with Gasteiger partial charge in [0.15, 0.2) is 0 Å². The number of anilines is 1. The van der Waals surface area contributed by atoms with Crippen molar-refractivity contribution in [3.05, 3.63) is 46.2 Å². The predicted octanol–water partition coefficient (Wildman–Crippen LogP) is 3.99. The molecule has 1 aromatic carbocycles. The second kappa shape index (κ2) is 7.47. The molecule has 0 radical (unpaired) electrons. The van der Waals surface area contributed by atoms with Gasteiger partial charge in [-0.05, 0) is 41.8 Å². The summed E-state index contributed by atoms with van der Waals surface area (Å²) >= 11 is 2.97. The first kappa shape index (κ1) is 16.6. The Morgan fingerprint density at radius 1 is 1.27 bits per heavy atom. The number of thiophene rings is 1. The first-order valence-electron chi connectivity index (χ1n) is 6.76. The number of carboxylic acids is 1. The molecule has 0 saturated carbocycles. The van der Waals surface area contributed by atoms with Crippen molar-refractivity contribution in [3.8, 4) is 0 Å². The molecular weight excluding hydrogens is 318 g/mol. The van der Waals surface area contributed by atoms with Gasteiger partial charge in [0.25, 0.3) is 5.91 Å². The van der Waals surface area contributed by atoms with Crippen LogP contribution in [0.5, 0.6) is 0 Å². The second-order valence-electron chi connectivity index (χ2n) is 4.91. The van der Waals surface area contributed by atoms with Gasteiger partial charge in [0, 0.05) is 10.6 Å². The van der Waals surface area contributed by atoms with Crippen molar-refractivity contribution < 1.29 is 14.7 Å². The van der Waals surface area contributed by atoms with Crippen molar-refractivity contribution in [1.82, 2.24) is 0 Å². The molecule has 0 aliphatic rings. The van der Waals surface area contributed by atoms with E-state index in [9.17, 15) is 9.59 Å². The van der Waals surface area contributed by atoms with Gasteiger partial charge in [-0.2, -0.15) is 0 Å². The molecule has 0 bridgehead atoms. The first-order chi connectivity index (χ1) is 10.5. The van der Waals surface area contributed by atoms with E-state index in [1.165, 1.54) is 11.3 Å². The fourth-order valence-corrected chi connectivity index (χ4v) is 3.62. The summed E-state index contributed by atoms with van der Waals surface area (Å²) in [4.78, 5) is 24.7. The van der Waals surface area contributed by atoms with Gasteiger partial charge in [0.2, 0.25) is 0 Å². The average Bonchev–Trinajstić information content (AvgIpc) is 2.97. The smallest absolute Gasteiger partial charge is 0.306 e. The standard InChI is InChI=1S/C16H17NO3S2/c1-10(16(19)20)9-11-3-5-12(6-4-11)17-15(18)14-13(21-2)7-8-22-14/h3-8,10H,9H2,1-2H3,(H,17,18)(H,19,20). The van der Waals surface area contributed by atoms with Crippen LogP contribution in [0, 0.1) is 5.92 Å². The summed E-state index contributed by atoms with van der Waals surface area (Å²) in [5.74, 6) is -1.35. The number of amides is 1. The summed E-state index contributed by atoms with van der Waals surface area (Å²) in [5.41, 5.74) is 1.64. The molecule has 2 N–H and O–H groups in total. The molecule has 1 unspecified atom stereocenters. The largest absolute Gasteiger partial charge is 0.481 e. The summed E-state index contributed by atoms with van der Waals surface area (Å²) in [6.45, 7) is 1.68. The highest BCUT2D eigenvalue weighted by Crippen LogP contribution is 2.26. The van der Waals surface area contributed by atoms with E-state index in [1.54, 1.807) is 30.8 Å². The maximum absolute atomic E-state index is 12.2. The molecule has 1 heterocycles. The lowest BCUT2D eigenvalue weighted by Crippen LogP contribution is -2.13. The van der Waals surface area contributed by atoms with Gasteiger partial charge in [-0.1, -0.05) is 19.1 Å². The fourth-order valence-electron chi connectivity index (χ4n) is 1.98. The van der Waals surface area contributed by atoms with E-state index in [-0.39, 0.29) is 5.91 Å². The Morgan fingerprint density at radius 3 is 2.55 bits per heavy atom. The summed E-state index contributed by atoms with van der Waals surface area (Å²) in [7, 11) is 0. The van der Waals surface area contributed by atoms with E-state index in [2.05, 4.69) is 5.32 Å². The normalized spacial score (nSPS) is 11.9. The van der Waals surface area contributed by atoms with Gasteiger partial charge in [-0.3, -0.25) is 9.59 Å². The van der Waals surface area contributed by atoms with Crippen LogP contribution in [0.4, 0.5) is 5.69 Å². The highest BCUT2D eigenvalue weighted by Gasteiger charge is 2.14. The van der Waals surface area contributed by atoms with E-state index < -0.39 is 11.9 Å². The maximum Gasteiger partial charge on any atom is 0.306 e. The lowest BCUT2D eigenvalue weighted by Gasteiger charge is -2.08. The number of carboxylic acid groups (broad SMARTS) is 1. The van der Waals surface area contributed by atoms with E-state index in [0.29, 0.717) is 17.0 Å². The lowest BCUT2D eigenvalue weighted by atomic mass is 10.0. The van der Waals surface area contributed by atoms with Crippen molar-refractivity contribution in [2.75, 3.05) is 11.6 Å². The number of nitrogens with one attached hydrogen (secondary N) is 1. The molecule has 1 amide bonds. The molecule has 0 fully saturated rings. The van der Waals surface area contributed by atoms with E-state index in [0.717, 1.165) is 10.5 Å². The van der Waals surface area contributed by atoms with Crippen LogP contribution < -0.4 is 5.32 Å². The summed E-state index contributed by atoms with van der Waals surface area (Å²) in [5, 5.41) is 13.7. The van der Waals surface area contributed by atoms with Crippen molar-refractivity contribution in [2.24, 2.45) is 5.92 Å². The third-order valence-electron chi connectivity index (χ3n) is 3.23. The highest BCUT2D eigenvalue weighted by molar-refractivity contribution is 7.98. The summed E-state index contributed by atoms with van der Waals surface area (Å²) in [6.07, 6.45) is 2.42. The predicted molar refractivity (Wildman–Crippen MR) is 91.0 cm³/mol. The zero-order valence-corrected chi connectivity index (χ0v) is 14.0. The molecule has 116 valence electrons. The number of hydrogen-bond acceptors (Lipinski definition) is 4. The average molecular weight is 335 g/mol. The van der Waals surface area contributed by atoms with E-state index >= 15 is 0 Å². The number of thioether (sulfide) groups is 1. The zero-order valence-electron chi connectivity index (χ0n) is 12.3. The van der Waals surface area contributed by atoms with E-state index in [1.807, 2.05) is 29.8 Å². The number of carbonyl (C=O) groups is 2. The molecule has 0 saturated heterocycles. The summed E-state index contributed by atoms with van der Waals surface area (Å²) < 4.78 is 0. The van der Waals surface area contributed by atoms with Crippen molar-refractivity contribution in [1.29, 1.82) is 0 Å². The Hall–Kier alpha value is -1.79. The van der Waals surface area contributed by atoms with Gasteiger partial charge in [0.1, 0.15) is 4.88 Å². The van der Waals surface area contributed by atoms with Gasteiger partial charge in [-0.25, -0.2) is 0 Å².